The van der Waals surface area contributed by atoms with E-state index in [1.54, 1.807) is 0 Å². The van der Waals surface area contributed by atoms with Crippen molar-refractivity contribution in [1.82, 2.24) is 15.1 Å². The van der Waals surface area contributed by atoms with Crippen LogP contribution in [0, 0.1) is 0 Å². The van der Waals surface area contributed by atoms with Crippen molar-refractivity contribution in [3.05, 3.63) is 39.3 Å². The number of nitrogens with zero attached hydrogens (tertiary/aromatic N) is 2. The molecule has 0 aromatic carbocycles. The largest absolute Gasteiger partial charge is 0.308 e. The molecule has 2 heterocycles. The minimum Gasteiger partial charge on any atom is -0.308 e. The van der Waals surface area contributed by atoms with Crippen LogP contribution in [0.1, 0.15) is 35.5 Å². The van der Waals surface area contributed by atoms with Gasteiger partial charge in [0.25, 0.3) is 0 Å². The van der Waals surface area contributed by atoms with E-state index in [9.17, 15) is 0 Å². The molecule has 0 saturated carbocycles. The SMILES string of the molecule is CCc1ccsc1CNCc1cn(C)nc1CC. The van der Waals surface area contributed by atoms with Crippen molar-refractivity contribution in [3.8, 4) is 0 Å². The zero-order chi connectivity index (χ0) is 13.0. The molecule has 2 aromatic heterocycles. The van der Waals surface area contributed by atoms with Gasteiger partial charge < -0.3 is 5.32 Å². The number of rotatable bonds is 6. The second kappa shape index (κ2) is 6.16. The summed E-state index contributed by atoms with van der Waals surface area (Å²) < 4.78 is 1.90. The van der Waals surface area contributed by atoms with E-state index in [2.05, 4.69) is 41.9 Å². The molecule has 0 unspecified atom stereocenters. The van der Waals surface area contributed by atoms with Gasteiger partial charge in [0, 0.05) is 36.8 Å². The lowest BCUT2D eigenvalue weighted by molar-refractivity contribution is 0.691. The highest BCUT2D eigenvalue weighted by Crippen LogP contribution is 2.17. The first-order valence-electron chi connectivity index (χ1n) is 6.52. The summed E-state index contributed by atoms with van der Waals surface area (Å²) in [5, 5.41) is 10.2. The van der Waals surface area contributed by atoms with Crippen molar-refractivity contribution in [2.75, 3.05) is 0 Å². The Balaban J connectivity index is 1.92. The van der Waals surface area contributed by atoms with Gasteiger partial charge in [-0.05, 0) is 29.9 Å². The van der Waals surface area contributed by atoms with Crippen molar-refractivity contribution in [2.45, 2.75) is 39.8 Å². The molecule has 1 N–H and O–H groups in total. The normalized spacial score (nSPS) is 11.1. The Morgan fingerprint density at radius 1 is 1.22 bits per heavy atom. The molecule has 0 aliphatic rings. The summed E-state index contributed by atoms with van der Waals surface area (Å²) in [5.74, 6) is 0. The van der Waals surface area contributed by atoms with Crippen LogP contribution in [0.15, 0.2) is 17.6 Å². The van der Waals surface area contributed by atoms with E-state index in [4.69, 9.17) is 0 Å². The van der Waals surface area contributed by atoms with Gasteiger partial charge in [-0.15, -0.1) is 11.3 Å². The zero-order valence-corrected chi connectivity index (χ0v) is 12.2. The molecule has 0 aliphatic carbocycles. The van der Waals surface area contributed by atoms with Crippen LogP contribution < -0.4 is 5.32 Å². The average molecular weight is 263 g/mol. The van der Waals surface area contributed by atoms with Gasteiger partial charge in [0.1, 0.15) is 0 Å². The van der Waals surface area contributed by atoms with Crippen LogP contribution >= 0.6 is 11.3 Å². The van der Waals surface area contributed by atoms with Crippen LogP contribution in [-0.2, 0) is 33.0 Å². The van der Waals surface area contributed by atoms with Gasteiger partial charge in [-0.2, -0.15) is 5.10 Å². The van der Waals surface area contributed by atoms with E-state index in [-0.39, 0.29) is 0 Å². The van der Waals surface area contributed by atoms with Crippen LogP contribution in [0.2, 0.25) is 0 Å². The summed E-state index contributed by atoms with van der Waals surface area (Å²) in [4.78, 5) is 1.46. The van der Waals surface area contributed by atoms with Crippen molar-refractivity contribution in [1.29, 1.82) is 0 Å². The second-order valence-corrected chi connectivity index (χ2v) is 5.46. The Hall–Kier alpha value is -1.13. The molecule has 98 valence electrons. The fourth-order valence-corrected chi connectivity index (χ4v) is 3.12. The second-order valence-electron chi connectivity index (χ2n) is 4.45. The predicted octanol–water partition coefficient (Wildman–Crippen LogP) is 2.90. The summed E-state index contributed by atoms with van der Waals surface area (Å²) in [6, 6.07) is 2.23. The van der Waals surface area contributed by atoms with Gasteiger partial charge in [-0.25, -0.2) is 0 Å². The van der Waals surface area contributed by atoms with E-state index in [1.807, 2.05) is 23.1 Å². The lowest BCUT2D eigenvalue weighted by Gasteiger charge is -2.04. The van der Waals surface area contributed by atoms with Gasteiger partial charge in [-0.3, -0.25) is 4.68 Å². The van der Waals surface area contributed by atoms with Gasteiger partial charge in [-0.1, -0.05) is 13.8 Å². The number of thiophene rings is 1. The molecule has 3 nitrogen and oxygen atoms in total. The van der Waals surface area contributed by atoms with Gasteiger partial charge in [0.05, 0.1) is 5.69 Å². The quantitative estimate of drug-likeness (QED) is 0.868. The Labute approximate surface area is 113 Å². The van der Waals surface area contributed by atoms with Crippen LogP contribution in [0.3, 0.4) is 0 Å². The summed E-state index contributed by atoms with van der Waals surface area (Å²) >= 11 is 1.84. The smallest absolute Gasteiger partial charge is 0.0666 e. The van der Waals surface area contributed by atoms with Crippen molar-refractivity contribution >= 4 is 11.3 Å². The van der Waals surface area contributed by atoms with E-state index >= 15 is 0 Å². The third-order valence-electron chi connectivity index (χ3n) is 3.15. The number of hydrogen-bond donors (Lipinski definition) is 1. The maximum Gasteiger partial charge on any atom is 0.0666 e. The molecular formula is C14H21N3S. The lowest BCUT2D eigenvalue weighted by Crippen LogP contribution is -2.13. The van der Waals surface area contributed by atoms with Crippen LogP contribution in [0.5, 0.6) is 0 Å². The highest BCUT2D eigenvalue weighted by molar-refractivity contribution is 7.10. The van der Waals surface area contributed by atoms with Crippen molar-refractivity contribution < 1.29 is 0 Å². The van der Waals surface area contributed by atoms with E-state index in [1.165, 1.54) is 21.7 Å². The lowest BCUT2D eigenvalue weighted by atomic mass is 10.2. The first-order chi connectivity index (χ1) is 8.74. The Morgan fingerprint density at radius 3 is 2.78 bits per heavy atom. The molecule has 0 fully saturated rings. The van der Waals surface area contributed by atoms with Crippen LogP contribution in [0.25, 0.3) is 0 Å². The highest BCUT2D eigenvalue weighted by atomic mass is 32.1. The zero-order valence-electron chi connectivity index (χ0n) is 11.4. The first kappa shape index (κ1) is 13.3. The van der Waals surface area contributed by atoms with Crippen LogP contribution in [-0.4, -0.2) is 9.78 Å². The van der Waals surface area contributed by atoms with E-state index in [0.29, 0.717) is 0 Å². The molecule has 0 radical (unpaired) electrons. The van der Waals surface area contributed by atoms with E-state index in [0.717, 1.165) is 25.9 Å². The van der Waals surface area contributed by atoms with E-state index < -0.39 is 0 Å². The van der Waals surface area contributed by atoms with Gasteiger partial charge in [0.2, 0.25) is 0 Å². The topological polar surface area (TPSA) is 29.9 Å². The fourth-order valence-electron chi connectivity index (χ4n) is 2.18. The van der Waals surface area contributed by atoms with Gasteiger partial charge >= 0.3 is 0 Å². The number of hydrogen-bond acceptors (Lipinski definition) is 3. The monoisotopic (exact) mass is 263 g/mol. The molecule has 4 heteroatoms. The molecule has 0 spiro atoms. The molecular weight excluding hydrogens is 242 g/mol. The highest BCUT2D eigenvalue weighted by Gasteiger charge is 2.06. The molecule has 0 saturated heterocycles. The molecule has 0 atom stereocenters. The molecule has 2 aromatic rings. The summed E-state index contributed by atoms with van der Waals surface area (Å²) in [6.07, 6.45) is 4.23. The third-order valence-corrected chi connectivity index (χ3v) is 4.11. The maximum absolute atomic E-state index is 4.46. The molecule has 0 amide bonds. The minimum absolute atomic E-state index is 0.901. The van der Waals surface area contributed by atoms with Crippen molar-refractivity contribution in [2.24, 2.45) is 7.05 Å². The Kier molecular flexibility index (Phi) is 4.55. The average Bonchev–Trinajstić information content (AvgIpc) is 2.95. The number of aryl methyl sites for hydroxylation is 3. The number of nitrogens with one attached hydrogen (secondary N) is 1. The summed E-state index contributed by atoms with van der Waals surface area (Å²) in [7, 11) is 1.98. The van der Waals surface area contributed by atoms with Gasteiger partial charge in [0.15, 0.2) is 0 Å². The Bertz CT molecular complexity index is 499. The van der Waals surface area contributed by atoms with Crippen molar-refractivity contribution in [3.63, 3.8) is 0 Å². The molecule has 18 heavy (non-hydrogen) atoms. The minimum atomic E-state index is 0.901. The summed E-state index contributed by atoms with van der Waals surface area (Å²) in [6.45, 7) is 6.22. The standard InChI is InChI=1S/C14H21N3S/c1-4-11-6-7-18-14(11)9-15-8-12-10-17(3)16-13(12)5-2/h6-7,10,15H,4-5,8-9H2,1-3H3. The molecule has 0 aliphatic heterocycles. The fraction of sp³-hybridized carbons (Fsp3) is 0.500. The maximum atomic E-state index is 4.46. The summed E-state index contributed by atoms with van der Waals surface area (Å²) in [5.41, 5.74) is 3.98. The molecule has 2 rings (SSSR count). The Morgan fingerprint density at radius 2 is 2.06 bits per heavy atom. The first-order valence-corrected chi connectivity index (χ1v) is 7.39. The number of aromatic nitrogens is 2. The predicted molar refractivity (Wildman–Crippen MR) is 76.8 cm³/mol. The third kappa shape index (κ3) is 3.00. The molecule has 0 bridgehead atoms. The van der Waals surface area contributed by atoms with Crippen LogP contribution in [0.4, 0.5) is 0 Å².